The van der Waals surface area contributed by atoms with Gasteiger partial charge in [-0.3, -0.25) is 4.90 Å². The van der Waals surface area contributed by atoms with Crippen molar-refractivity contribution in [1.82, 2.24) is 10.2 Å². The second-order valence-corrected chi connectivity index (χ2v) is 7.17. The average Bonchev–Trinajstić information content (AvgIpc) is 2.74. The van der Waals surface area contributed by atoms with Crippen LogP contribution < -0.4 is 5.32 Å². The topological polar surface area (TPSA) is 62.6 Å². The van der Waals surface area contributed by atoms with E-state index in [4.69, 9.17) is 4.42 Å². The van der Waals surface area contributed by atoms with E-state index in [9.17, 15) is 8.42 Å². The quantitative estimate of drug-likeness (QED) is 0.693. The van der Waals surface area contributed by atoms with E-state index in [0.29, 0.717) is 13.1 Å². The Morgan fingerprint density at radius 2 is 2.00 bits per heavy atom. The van der Waals surface area contributed by atoms with Crippen LogP contribution in [0.25, 0.3) is 0 Å². The van der Waals surface area contributed by atoms with Crippen molar-refractivity contribution in [3.8, 4) is 0 Å². The van der Waals surface area contributed by atoms with Gasteiger partial charge in [-0.2, -0.15) is 0 Å². The average molecular weight is 288 g/mol. The highest BCUT2D eigenvalue weighted by atomic mass is 32.2. The molecule has 6 heteroatoms. The molecule has 0 aliphatic carbocycles. The van der Waals surface area contributed by atoms with Gasteiger partial charge >= 0.3 is 0 Å². The number of nitrogens with one attached hydrogen (secondary N) is 1. The minimum absolute atomic E-state index is 0.176. The third kappa shape index (κ3) is 7.34. The molecule has 5 nitrogen and oxygen atoms in total. The van der Waals surface area contributed by atoms with Crippen LogP contribution in [0.2, 0.25) is 0 Å². The summed E-state index contributed by atoms with van der Waals surface area (Å²) in [6, 6.07) is 3.91. The third-order valence-electron chi connectivity index (χ3n) is 2.71. The Hall–Kier alpha value is -0.850. The maximum atomic E-state index is 11.1. The lowest BCUT2D eigenvalue weighted by Crippen LogP contribution is -2.24. The van der Waals surface area contributed by atoms with Crippen LogP contribution in [0.1, 0.15) is 24.9 Å². The van der Waals surface area contributed by atoms with Gasteiger partial charge in [-0.25, -0.2) is 8.42 Å². The van der Waals surface area contributed by atoms with Crippen LogP contribution in [0, 0.1) is 0 Å². The normalized spacial score (nSPS) is 12.2. The Kier molecular flexibility index (Phi) is 6.54. The highest BCUT2D eigenvalue weighted by molar-refractivity contribution is 7.90. The van der Waals surface area contributed by atoms with Crippen molar-refractivity contribution < 1.29 is 12.8 Å². The summed E-state index contributed by atoms with van der Waals surface area (Å²) in [4.78, 5) is 1.95. The van der Waals surface area contributed by atoms with Crippen LogP contribution in [0.3, 0.4) is 0 Å². The van der Waals surface area contributed by atoms with Gasteiger partial charge < -0.3 is 9.73 Å². The fourth-order valence-electron chi connectivity index (χ4n) is 1.66. The number of nitrogens with zero attached hydrogens (tertiary/aromatic N) is 1. The zero-order chi connectivity index (χ0) is 14.3. The van der Waals surface area contributed by atoms with Gasteiger partial charge in [-0.15, -0.1) is 0 Å². The zero-order valence-corrected chi connectivity index (χ0v) is 12.8. The van der Waals surface area contributed by atoms with Crippen LogP contribution in [-0.2, 0) is 22.9 Å². The van der Waals surface area contributed by atoms with E-state index >= 15 is 0 Å². The summed E-state index contributed by atoms with van der Waals surface area (Å²) in [5, 5.41) is 3.28. The van der Waals surface area contributed by atoms with Crippen LogP contribution in [0.5, 0.6) is 0 Å². The SMILES string of the molecule is CCCNCc1ccc(CN(C)CCS(C)(=O)=O)o1. The van der Waals surface area contributed by atoms with E-state index in [2.05, 4.69) is 12.2 Å². The van der Waals surface area contributed by atoms with E-state index in [0.717, 1.165) is 31.0 Å². The molecule has 0 aliphatic heterocycles. The number of rotatable bonds is 9. The van der Waals surface area contributed by atoms with Gasteiger partial charge in [0, 0.05) is 12.8 Å². The number of sulfone groups is 1. The maximum absolute atomic E-state index is 11.1. The van der Waals surface area contributed by atoms with Crippen molar-refractivity contribution in [1.29, 1.82) is 0 Å². The van der Waals surface area contributed by atoms with Crippen molar-refractivity contribution in [2.45, 2.75) is 26.4 Å². The fourth-order valence-corrected chi connectivity index (χ4v) is 2.30. The highest BCUT2D eigenvalue weighted by Crippen LogP contribution is 2.09. The van der Waals surface area contributed by atoms with E-state index in [1.54, 1.807) is 0 Å². The highest BCUT2D eigenvalue weighted by Gasteiger charge is 2.08. The van der Waals surface area contributed by atoms with Crippen LogP contribution >= 0.6 is 0 Å². The Balaban J connectivity index is 2.36. The molecule has 0 amide bonds. The monoisotopic (exact) mass is 288 g/mol. The minimum atomic E-state index is -2.90. The second-order valence-electron chi connectivity index (χ2n) is 4.91. The lowest BCUT2D eigenvalue weighted by atomic mass is 10.4. The summed E-state index contributed by atoms with van der Waals surface area (Å²) in [5.41, 5.74) is 0. The van der Waals surface area contributed by atoms with Crippen molar-refractivity contribution >= 4 is 9.84 Å². The molecule has 110 valence electrons. The van der Waals surface area contributed by atoms with Crippen molar-refractivity contribution in [3.63, 3.8) is 0 Å². The first-order chi connectivity index (χ1) is 8.90. The smallest absolute Gasteiger partial charge is 0.148 e. The lowest BCUT2D eigenvalue weighted by molar-refractivity contribution is 0.303. The minimum Gasteiger partial charge on any atom is -0.463 e. The molecular weight excluding hydrogens is 264 g/mol. The first-order valence-electron chi connectivity index (χ1n) is 6.55. The van der Waals surface area contributed by atoms with E-state index in [1.807, 2.05) is 24.1 Å². The lowest BCUT2D eigenvalue weighted by Gasteiger charge is -2.14. The molecule has 0 saturated heterocycles. The first-order valence-corrected chi connectivity index (χ1v) is 8.61. The van der Waals surface area contributed by atoms with Crippen molar-refractivity contribution in [2.24, 2.45) is 0 Å². The van der Waals surface area contributed by atoms with Gasteiger partial charge in [0.25, 0.3) is 0 Å². The number of furan rings is 1. The summed E-state index contributed by atoms with van der Waals surface area (Å²) in [5.74, 6) is 1.96. The molecule has 0 saturated carbocycles. The summed E-state index contributed by atoms with van der Waals surface area (Å²) >= 11 is 0. The van der Waals surface area contributed by atoms with E-state index in [1.165, 1.54) is 6.26 Å². The summed E-state index contributed by atoms with van der Waals surface area (Å²) < 4.78 is 27.8. The second kappa shape index (κ2) is 7.67. The van der Waals surface area contributed by atoms with Gasteiger partial charge in [-0.05, 0) is 32.1 Å². The predicted octanol–water partition coefficient (Wildman–Crippen LogP) is 1.26. The molecule has 0 aromatic carbocycles. The molecule has 1 N–H and O–H groups in total. The molecule has 1 aromatic rings. The van der Waals surface area contributed by atoms with Crippen LogP contribution in [-0.4, -0.2) is 45.5 Å². The van der Waals surface area contributed by atoms with Gasteiger partial charge in [0.2, 0.25) is 0 Å². The molecule has 0 bridgehead atoms. The molecule has 0 radical (unpaired) electrons. The Bertz CT molecular complexity index is 468. The largest absolute Gasteiger partial charge is 0.463 e. The number of hydrogen-bond donors (Lipinski definition) is 1. The molecule has 0 spiro atoms. The molecule has 1 aromatic heterocycles. The molecular formula is C13H24N2O3S. The van der Waals surface area contributed by atoms with Gasteiger partial charge in [0.05, 0.1) is 18.8 Å². The standard InChI is InChI=1S/C13H24N2O3S/c1-4-7-14-10-12-5-6-13(18-12)11-15(2)8-9-19(3,16)17/h5-6,14H,4,7-11H2,1-3H3. The zero-order valence-electron chi connectivity index (χ0n) is 12.0. The fraction of sp³-hybridized carbons (Fsp3) is 0.692. The Morgan fingerprint density at radius 3 is 2.63 bits per heavy atom. The molecule has 0 unspecified atom stereocenters. The van der Waals surface area contributed by atoms with Gasteiger partial charge in [0.1, 0.15) is 21.4 Å². The summed E-state index contributed by atoms with van der Waals surface area (Å²) in [6.07, 6.45) is 2.35. The molecule has 0 fully saturated rings. The first kappa shape index (κ1) is 16.2. The van der Waals surface area contributed by atoms with Gasteiger partial charge in [0.15, 0.2) is 0 Å². The summed E-state index contributed by atoms with van der Waals surface area (Å²) in [6.45, 7) is 4.98. The molecule has 0 aliphatic rings. The maximum Gasteiger partial charge on any atom is 0.148 e. The number of hydrogen-bond acceptors (Lipinski definition) is 5. The van der Waals surface area contributed by atoms with E-state index < -0.39 is 9.84 Å². The Morgan fingerprint density at radius 1 is 1.32 bits per heavy atom. The third-order valence-corrected chi connectivity index (χ3v) is 3.64. The van der Waals surface area contributed by atoms with Crippen molar-refractivity contribution in [3.05, 3.63) is 23.7 Å². The van der Waals surface area contributed by atoms with Gasteiger partial charge in [-0.1, -0.05) is 6.92 Å². The predicted molar refractivity (Wildman–Crippen MR) is 76.8 cm³/mol. The van der Waals surface area contributed by atoms with E-state index in [-0.39, 0.29) is 5.75 Å². The Labute approximate surface area is 115 Å². The molecule has 1 heterocycles. The molecule has 19 heavy (non-hydrogen) atoms. The van der Waals surface area contributed by atoms with Crippen LogP contribution in [0.15, 0.2) is 16.5 Å². The van der Waals surface area contributed by atoms with Crippen molar-refractivity contribution in [2.75, 3.05) is 32.1 Å². The molecule has 1 rings (SSSR count). The summed E-state index contributed by atoms with van der Waals surface area (Å²) in [7, 11) is -1.01. The molecule has 0 atom stereocenters. The van der Waals surface area contributed by atoms with Crippen LogP contribution in [0.4, 0.5) is 0 Å².